The molecule has 0 fully saturated rings. The third-order valence-electron chi connectivity index (χ3n) is 2.61. The number of hydrogen-bond donors (Lipinski definition) is 2. The molecule has 0 atom stereocenters. The maximum Gasteiger partial charge on any atom is 0.240 e. The van der Waals surface area contributed by atoms with Crippen LogP contribution in [0, 0.1) is 11.8 Å². The molecular formula is C14H13BrN2O2S2. The van der Waals surface area contributed by atoms with E-state index in [9.17, 15) is 8.42 Å². The summed E-state index contributed by atoms with van der Waals surface area (Å²) >= 11 is 4.87. The van der Waals surface area contributed by atoms with Crippen molar-refractivity contribution in [3.63, 3.8) is 0 Å². The summed E-state index contributed by atoms with van der Waals surface area (Å²) in [7, 11) is -3.53. The normalized spacial score (nSPS) is 11.0. The van der Waals surface area contributed by atoms with Crippen LogP contribution in [0.1, 0.15) is 10.4 Å². The van der Waals surface area contributed by atoms with Gasteiger partial charge in [-0.2, -0.15) is 0 Å². The molecule has 1 aromatic heterocycles. The minimum absolute atomic E-state index is 0.216. The van der Waals surface area contributed by atoms with Crippen molar-refractivity contribution in [1.29, 1.82) is 0 Å². The van der Waals surface area contributed by atoms with Crippen LogP contribution in [0.25, 0.3) is 0 Å². The molecule has 21 heavy (non-hydrogen) atoms. The van der Waals surface area contributed by atoms with E-state index in [1.54, 1.807) is 12.1 Å². The smallest absolute Gasteiger partial charge is 0.240 e. The van der Waals surface area contributed by atoms with Gasteiger partial charge in [-0.25, -0.2) is 13.1 Å². The van der Waals surface area contributed by atoms with Gasteiger partial charge in [-0.1, -0.05) is 11.8 Å². The number of nitrogens with one attached hydrogen (secondary N) is 1. The first-order valence-corrected chi connectivity index (χ1v) is 9.19. The number of sulfonamides is 1. The highest BCUT2D eigenvalue weighted by atomic mass is 79.9. The molecule has 4 nitrogen and oxygen atoms in total. The summed E-state index contributed by atoms with van der Waals surface area (Å²) in [5.74, 6) is 5.57. The summed E-state index contributed by atoms with van der Waals surface area (Å²) in [6.07, 6.45) is 0. The van der Waals surface area contributed by atoms with Crippen molar-refractivity contribution in [3.8, 4) is 11.8 Å². The van der Waals surface area contributed by atoms with Crippen molar-refractivity contribution in [1.82, 2.24) is 4.72 Å². The number of hydrogen-bond acceptors (Lipinski definition) is 4. The van der Waals surface area contributed by atoms with E-state index in [0.29, 0.717) is 0 Å². The lowest BCUT2D eigenvalue weighted by atomic mass is 10.2. The number of halogens is 1. The summed E-state index contributed by atoms with van der Waals surface area (Å²) in [5.41, 5.74) is 6.03. The second-order valence-corrected chi connectivity index (χ2v) is 7.67. The Morgan fingerprint density at radius 1 is 1.24 bits per heavy atom. The molecule has 0 saturated carbocycles. The first-order chi connectivity index (χ1) is 10.0. The van der Waals surface area contributed by atoms with Gasteiger partial charge in [-0.3, -0.25) is 0 Å². The van der Waals surface area contributed by atoms with E-state index in [2.05, 4.69) is 32.5 Å². The summed E-state index contributed by atoms with van der Waals surface area (Å²) in [4.78, 5) is 1.15. The maximum absolute atomic E-state index is 12.2. The number of benzene rings is 1. The predicted molar refractivity (Wildman–Crippen MR) is 88.4 cm³/mol. The van der Waals surface area contributed by atoms with Gasteiger partial charge in [0.1, 0.15) is 0 Å². The Morgan fingerprint density at radius 2 is 1.95 bits per heavy atom. The molecule has 110 valence electrons. The monoisotopic (exact) mass is 384 g/mol. The van der Waals surface area contributed by atoms with Crippen molar-refractivity contribution >= 4 is 37.3 Å². The number of thiophene rings is 1. The molecule has 0 radical (unpaired) electrons. The molecule has 0 amide bonds. The molecule has 0 aliphatic carbocycles. The van der Waals surface area contributed by atoms with Gasteiger partial charge in [0.25, 0.3) is 0 Å². The molecule has 1 aromatic carbocycles. The highest BCUT2D eigenvalue weighted by Gasteiger charge is 2.14. The average molecular weight is 385 g/mol. The van der Waals surface area contributed by atoms with E-state index < -0.39 is 10.0 Å². The van der Waals surface area contributed by atoms with Gasteiger partial charge >= 0.3 is 0 Å². The van der Waals surface area contributed by atoms with Gasteiger partial charge in [0.2, 0.25) is 10.0 Å². The molecule has 0 saturated heterocycles. The molecular weight excluding hydrogens is 372 g/mol. The predicted octanol–water partition coefficient (Wildman–Crippen LogP) is 2.30. The maximum atomic E-state index is 12.2. The van der Waals surface area contributed by atoms with Gasteiger partial charge in [0.15, 0.2) is 0 Å². The number of rotatable bonds is 4. The molecule has 0 spiro atoms. The largest absolute Gasteiger partial charge is 0.320 e. The van der Waals surface area contributed by atoms with Crippen LogP contribution in [0.15, 0.2) is 45.1 Å². The van der Waals surface area contributed by atoms with Crippen molar-refractivity contribution < 1.29 is 8.42 Å². The van der Waals surface area contributed by atoms with Crippen LogP contribution in [-0.2, 0) is 16.6 Å². The second kappa shape index (κ2) is 7.20. The Balaban J connectivity index is 2.10. The summed E-state index contributed by atoms with van der Waals surface area (Å²) < 4.78 is 27.9. The second-order valence-electron chi connectivity index (χ2n) is 4.05. The molecule has 3 N–H and O–H groups in total. The van der Waals surface area contributed by atoms with Crippen LogP contribution in [0.5, 0.6) is 0 Å². The molecule has 2 aromatic rings. The van der Waals surface area contributed by atoms with Crippen LogP contribution in [-0.4, -0.2) is 15.0 Å². The van der Waals surface area contributed by atoms with Crippen molar-refractivity contribution in [3.05, 3.63) is 50.6 Å². The SMILES string of the molecule is NCC#Cc1ccc(S(=O)(=O)NCc2sccc2Br)cc1. The van der Waals surface area contributed by atoms with Gasteiger partial charge in [-0.15, -0.1) is 11.3 Å². The minimum atomic E-state index is -3.53. The van der Waals surface area contributed by atoms with Gasteiger partial charge in [0, 0.05) is 21.5 Å². The fourth-order valence-electron chi connectivity index (χ4n) is 1.57. The fraction of sp³-hybridized carbons (Fsp3) is 0.143. The van der Waals surface area contributed by atoms with E-state index in [-0.39, 0.29) is 18.0 Å². The third-order valence-corrected chi connectivity index (χ3v) is 5.96. The van der Waals surface area contributed by atoms with Crippen molar-refractivity contribution in [2.24, 2.45) is 5.73 Å². The highest BCUT2D eigenvalue weighted by Crippen LogP contribution is 2.23. The zero-order valence-corrected chi connectivity index (χ0v) is 14.2. The molecule has 0 unspecified atom stereocenters. The number of nitrogens with two attached hydrogens (primary N) is 1. The Kier molecular flexibility index (Phi) is 5.56. The quantitative estimate of drug-likeness (QED) is 0.794. The molecule has 0 aliphatic heterocycles. The Labute approximate surface area is 136 Å². The van der Waals surface area contributed by atoms with Gasteiger partial charge in [-0.05, 0) is 51.6 Å². The minimum Gasteiger partial charge on any atom is -0.320 e. The van der Waals surface area contributed by atoms with E-state index in [0.717, 1.165) is 14.9 Å². The van der Waals surface area contributed by atoms with Gasteiger partial charge in [0.05, 0.1) is 11.4 Å². The molecule has 0 bridgehead atoms. The average Bonchev–Trinajstić information content (AvgIpc) is 2.89. The third kappa shape index (κ3) is 4.40. The van der Waals surface area contributed by atoms with E-state index in [1.165, 1.54) is 23.5 Å². The van der Waals surface area contributed by atoms with E-state index in [1.807, 2.05) is 11.4 Å². The van der Waals surface area contributed by atoms with Crippen molar-refractivity contribution in [2.45, 2.75) is 11.4 Å². The Bertz CT molecular complexity index is 771. The van der Waals surface area contributed by atoms with Crippen LogP contribution in [0.4, 0.5) is 0 Å². The molecule has 0 aliphatic rings. The Morgan fingerprint density at radius 3 is 2.52 bits per heavy atom. The van der Waals surface area contributed by atoms with E-state index in [4.69, 9.17) is 5.73 Å². The topological polar surface area (TPSA) is 72.2 Å². The fourth-order valence-corrected chi connectivity index (χ4v) is 4.08. The summed E-state index contributed by atoms with van der Waals surface area (Å²) in [6, 6.07) is 8.29. The zero-order chi connectivity index (χ0) is 15.3. The lowest BCUT2D eigenvalue weighted by molar-refractivity contribution is 0.581. The summed E-state index contributed by atoms with van der Waals surface area (Å²) in [5, 5.41) is 1.90. The molecule has 1 heterocycles. The lowest BCUT2D eigenvalue weighted by Crippen LogP contribution is -2.22. The molecule has 2 rings (SSSR count). The first kappa shape index (κ1) is 16.2. The molecule has 7 heteroatoms. The first-order valence-electron chi connectivity index (χ1n) is 6.03. The lowest BCUT2D eigenvalue weighted by Gasteiger charge is -2.06. The van der Waals surface area contributed by atoms with Gasteiger partial charge < -0.3 is 5.73 Å². The Hall–Kier alpha value is -1.17. The van der Waals surface area contributed by atoms with Crippen molar-refractivity contribution in [2.75, 3.05) is 6.54 Å². The van der Waals surface area contributed by atoms with Crippen LogP contribution >= 0.6 is 27.3 Å². The zero-order valence-electron chi connectivity index (χ0n) is 11.0. The summed E-state index contributed by atoms with van der Waals surface area (Å²) in [6.45, 7) is 0.534. The van der Waals surface area contributed by atoms with Crippen LogP contribution in [0.2, 0.25) is 0 Å². The van der Waals surface area contributed by atoms with Crippen LogP contribution < -0.4 is 10.5 Å². The van der Waals surface area contributed by atoms with Crippen LogP contribution in [0.3, 0.4) is 0 Å². The van der Waals surface area contributed by atoms with E-state index >= 15 is 0 Å². The standard InChI is InChI=1S/C14H13BrN2O2S2/c15-13-7-9-20-14(13)10-17-21(18,19)12-5-3-11(4-6-12)2-1-8-16/h3-7,9,17H,8,10,16H2. The highest BCUT2D eigenvalue weighted by molar-refractivity contribution is 9.10.